The van der Waals surface area contributed by atoms with E-state index in [1.165, 1.54) is 7.05 Å². The third-order valence-electron chi connectivity index (χ3n) is 3.93. The van der Waals surface area contributed by atoms with Gasteiger partial charge in [-0.1, -0.05) is 0 Å². The van der Waals surface area contributed by atoms with Crippen LogP contribution in [0.25, 0.3) is 16.8 Å². The van der Waals surface area contributed by atoms with Gasteiger partial charge in [-0.15, -0.1) is 10.2 Å². The van der Waals surface area contributed by atoms with E-state index in [-0.39, 0.29) is 0 Å². The molecule has 1 amide bonds. The van der Waals surface area contributed by atoms with Crippen molar-refractivity contribution in [2.75, 3.05) is 25.0 Å². The first-order valence-electron chi connectivity index (χ1n) is 7.30. The molecule has 0 spiro atoms. The Balaban J connectivity index is 1.71. The molecule has 0 atom stereocenters. The number of carbonyl (C=O) groups is 1. The van der Waals surface area contributed by atoms with Gasteiger partial charge in [-0.2, -0.15) is 0 Å². The molecule has 10 heteroatoms. The predicted molar refractivity (Wildman–Crippen MR) is 89.9 cm³/mol. The van der Waals surface area contributed by atoms with Gasteiger partial charge in [0.15, 0.2) is 11.5 Å². The Morgan fingerprint density at radius 1 is 1.46 bits per heavy atom. The number of fused-ring (bicyclic) bond motifs is 3. The lowest BCUT2D eigenvalue weighted by Gasteiger charge is -2.47. The quantitative estimate of drug-likeness (QED) is 0.704. The summed E-state index contributed by atoms with van der Waals surface area (Å²) in [5.41, 5.74) is 1.50. The highest BCUT2D eigenvalue weighted by Gasteiger charge is 2.44. The highest BCUT2D eigenvalue weighted by molar-refractivity contribution is 9.10. The van der Waals surface area contributed by atoms with E-state index in [4.69, 9.17) is 4.74 Å². The molecule has 124 valence electrons. The number of rotatable bonds is 2. The summed E-state index contributed by atoms with van der Waals surface area (Å²) in [6.45, 7) is 2.94. The largest absolute Gasteiger partial charge is 0.439 e. The number of alkyl carbamates (subject to hydrolysis) is 1. The molecular weight excluding hydrogens is 378 g/mol. The second-order valence-corrected chi connectivity index (χ2v) is 6.82. The van der Waals surface area contributed by atoms with Gasteiger partial charge in [-0.25, -0.2) is 14.8 Å². The first-order valence-corrected chi connectivity index (χ1v) is 8.09. The van der Waals surface area contributed by atoms with Crippen molar-refractivity contribution >= 4 is 44.7 Å². The van der Waals surface area contributed by atoms with Gasteiger partial charge in [0.25, 0.3) is 0 Å². The number of amides is 1. The summed E-state index contributed by atoms with van der Waals surface area (Å²) in [5, 5.41) is 10.6. The van der Waals surface area contributed by atoms with Crippen molar-refractivity contribution < 1.29 is 9.53 Å². The first kappa shape index (κ1) is 15.1. The van der Waals surface area contributed by atoms with Gasteiger partial charge in [-0.3, -0.25) is 4.40 Å². The van der Waals surface area contributed by atoms with Crippen molar-refractivity contribution in [1.82, 2.24) is 29.9 Å². The number of halogens is 1. The first-order chi connectivity index (χ1) is 11.5. The number of hydrogen-bond acceptors (Lipinski definition) is 7. The van der Waals surface area contributed by atoms with Crippen LogP contribution in [0, 0.1) is 0 Å². The fraction of sp³-hybridized carbons (Fsp3) is 0.357. The summed E-state index contributed by atoms with van der Waals surface area (Å²) in [7, 11) is 1.54. The zero-order valence-corrected chi connectivity index (χ0v) is 14.6. The van der Waals surface area contributed by atoms with Gasteiger partial charge in [0, 0.05) is 17.7 Å². The standard InChI is InChI=1S/C14H14BrN7O2/c1-14(24-13(23)16-2)5-21(6-14)11-12-20-18-7-22(12)9-3-8(15)4-17-10(9)19-11/h3-4,7H,5-6H2,1-2H3,(H,16,23). The molecule has 3 aromatic heterocycles. The maximum atomic E-state index is 11.4. The van der Waals surface area contributed by atoms with Gasteiger partial charge < -0.3 is 15.0 Å². The summed E-state index contributed by atoms with van der Waals surface area (Å²) in [6, 6.07) is 1.92. The van der Waals surface area contributed by atoms with E-state index in [0.717, 1.165) is 9.99 Å². The number of hydrogen-bond donors (Lipinski definition) is 1. The van der Waals surface area contributed by atoms with Gasteiger partial charge in [0.05, 0.1) is 18.6 Å². The van der Waals surface area contributed by atoms with Crippen LogP contribution in [0.2, 0.25) is 0 Å². The van der Waals surface area contributed by atoms with Crippen LogP contribution < -0.4 is 10.2 Å². The Morgan fingerprint density at radius 3 is 3.00 bits per heavy atom. The molecule has 1 saturated heterocycles. The number of ether oxygens (including phenoxy) is 1. The molecule has 3 aromatic rings. The van der Waals surface area contributed by atoms with E-state index >= 15 is 0 Å². The molecule has 0 saturated carbocycles. The van der Waals surface area contributed by atoms with Crippen LogP contribution in [0.5, 0.6) is 0 Å². The molecule has 1 N–H and O–H groups in total. The van der Waals surface area contributed by atoms with Gasteiger partial charge in [0.2, 0.25) is 5.65 Å². The van der Waals surface area contributed by atoms with Crippen LogP contribution in [0.4, 0.5) is 10.6 Å². The summed E-state index contributed by atoms with van der Waals surface area (Å²) >= 11 is 3.41. The molecule has 1 fully saturated rings. The fourth-order valence-electron chi connectivity index (χ4n) is 2.86. The molecule has 4 rings (SSSR count). The van der Waals surface area contributed by atoms with Crippen LogP contribution in [0.1, 0.15) is 6.92 Å². The monoisotopic (exact) mass is 391 g/mol. The lowest BCUT2D eigenvalue weighted by atomic mass is 9.96. The van der Waals surface area contributed by atoms with Crippen LogP contribution in [0.15, 0.2) is 23.1 Å². The average molecular weight is 392 g/mol. The van der Waals surface area contributed by atoms with Crippen LogP contribution in [-0.2, 0) is 4.74 Å². The summed E-state index contributed by atoms with van der Waals surface area (Å²) in [5.74, 6) is 0.674. The van der Waals surface area contributed by atoms with Crippen molar-refractivity contribution in [3.63, 3.8) is 0 Å². The number of nitrogens with one attached hydrogen (secondary N) is 1. The van der Waals surface area contributed by atoms with E-state index in [9.17, 15) is 4.79 Å². The molecule has 1 aliphatic heterocycles. The Hall–Kier alpha value is -2.49. The van der Waals surface area contributed by atoms with Crippen molar-refractivity contribution in [1.29, 1.82) is 0 Å². The summed E-state index contributed by atoms with van der Waals surface area (Å²) in [4.78, 5) is 22.4. The van der Waals surface area contributed by atoms with Crippen LogP contribution >= 0.6 is 15.9 Å². The molecule has 4 heterocycles. The fourth-order valence-corrected chi connectivity index (χ4v) is 3.18. The summed E-state index contributed by atoms with van der Waals surface area (Å²) in [6.07, 6.45) is 2.89. The molecule has 0 radical (unpaired) electrons. The van der Waals surface area contributed by atoms with Crippen molar-refractivity contribution in [2.24, 2.45) is 0 Å². The van der Waals surface area contributed by atoms with Crippen LogP contribution in [-0.4, -0.2) is 56.4 Å². The third-order valence-corrected chi connectivity index (χ3v) is 4.36. The van der Waals surface area contributed by atoms with Crippen molar-refractivity contribution in [2.45, 2.75) is 12.5 Å². The normalized spacial score (nSPS) is 16.2. The zero-order valence-electron chi connectivity index (χ0n) is 13.0. The molecule has 0 bridgehead atoms. The lowest BCUT2D eigenvalue weighted by molar-refractivity contribution is 0.00491. The SMILES string of the molecule is CNC(=O)OC1(C)CN(c2nc3ncc(Br)cc3n3cnnc23)C1. The van der Waals surface area contributed by atoms with Crippen molar-refractivity contribution in [3.8, 4) is 0 Å². The van der Waals surface area contributed by atoms with E-state index < -0.39 is 11.7 Å². The Morgan fingerprint density at radius 2 is 2.25 bits per heavy atom. The number of pyridine rings is 1. The van der Waals surface area contributed by atoms with E-state index in [0.29, 0.717) is 30.2 Å². The second kappa shape index (κ2) is 5.26. The minimum Gasteiger partial charge on any atom is -0.439 e. The number of aromatic nitrogens is 5. The third kappa shape index (κ3) is 2.33. The molecule has 24 heavy (non-hydrogen) atoms. The maximum Gasteiger partial charge on any atom is 0.407 e. The maximum absolute atomic E-state index is 11.4. The average Bonchev–Trinajstić information content (AvgIpc) is 3.01. The highest BCUT2D eigenvalue weighted by atomic mass is 79.9. The van der Waals surface area contributed by atoms with Gasteiger partial charge in [-0.05, 0) is 28.9 Å². The molecule has 0 aromatic carbocycles. The molecule has 1 aliphatic rings. The lowest BCUT2D eigenvalue weighted by Crippen LogP contribution is -2.63. The Kier molecular flexibility index (Phi) is 3.30. The number of anilines is 1. The highest BCUT2D eigenvalue weighted by Crippen LogP contribution is 2.32. The zero-order chi connectivity index (χ0) is 16.9. The minimum absolute atomic E-state index is 0.442. The van der Waals surface area contributed by atoms with E-state index in [1.54, 1.807) is 12.5 Å². The number of carbonyl (C=O) groups excluding carboxylic acids is 1. The smallest absolute Gasteiger partial charge is 0.407 e. The second-order valence-electron chi connectivity index (χ2n) is 5.90. The van der Waals surface area contributed by atoms with Crippen molar-refractivity contribution in [3.05, 3.63) is 23.1 Å². The molecule has 0 aliphatic carbocycles. The Labute approximate surface area is 145 Å². The van der Waals surface area contributed by atoms with Gasteiger partial charge in [0.1, 0.15) is 11.9 Å². The molecule has 9 nitrogen and oxygen atoms in total. The molecule has 0 unspecified atom stereocenters. The molecular formula is C14H14BrN7O2. The van der Waals surface area contributed by atoms with E-state index in [1.807, 2.05) is 22.3 Å². The number of nitrogens with zero attached hydrogens (tertiary/aromatic N) is 6. The predicted octanol–water partition coefficient (Wildman–Crippen LogP) is 1.37. The summed E-state index contributed by atoms with van der Waals surface area (Å²) < 4.78 is 8.10. The minimum atomic E-state index is -0.555. The Bertz CT molecular complexity index is 951. The van der Waals surface area contributed by atoms with Crippen LogP contribution in [0.3, 0.4) is 0 Å². The topological polar surface area (TPSA) is 97.5 Å². The van der Waals surface area contributed by atoms with Gasteiger partial charge >= 0.3 is 6.09 Å². The van der Waals surface area contributed by atoms with E-state index in [2.05, 4.69) is 41.4 Å².